The second-order valence-electron chi connectivity index (χ2n) is 5.24. The smallest absolute Gasteiger partial charge is 0.0992 e. The summed E-state index contributed by atoms with van der Waals surface area (Å²) in [7, 11) is 0. The highest BCUT2D eigenvalue weighted by atomic mass is 79.9. The van der Waals surface area contributed by atoms with E-state index < -0.39 is 0 Å². The van der Waals surface area contributed by atoms with Crippen molar-refractivity contribution in [3.05, 3.63) is 28.2 Å². The average Bonchev–Trinajstić information content (AvgIpc) is 2.45. The van der Waals surface area contributed by atoms with Crippen LogP contribution in [-0.4, -0.2) is 6.54 Å². The first-order chi connectivity index (χ1) is 9.76. The van der Waals surface area contributed by atoms with Gasteiger partial charge >= 0.3 is 0 Å². The van der Waals surface area contributed by atoms with Gasteiger partial charge in [-0.05, 0) is 24.6 Å². The lowest BCUT2D eigenvalue weighted by Crippen LogP contribution is -2.01. The van der Waals surface area contributed by atoms with Gasteiger partial charge in [-0.2, -0.15) is 5.26 Å². The molecule has 0 aliphatic carbocycles. The molecule has 0 saturated heterocycles. The molecule has 0 radical (unpaired) electrons. The lowest BCUT2D eigenvalue weighted by molar-refractivity contribution is 0.581. The molecule has 0 fully saturated rings. The predicted octanol–water partition coefficient (Wildman–Crippen LogP) is 5.87. The van der Waals surface area contributed by atoms with Gasteiger partial charge in [0.1, 0.15) is 0 Å². The van der Waals surface area contributed by atoms with Crippen molar-refractivity contribution in [3.63, 3.8) is 0 Å². The Bertz CT molecular complexity index is 423. The Hall–Kier alpha value is -1.01. The van der Waals surface area contributed by atoms with Gasteiger partial charge in [-0.3, -0.25) is 0 Å². The number of nitrogens with one attached hydrogen (secondary N) is 1. The minimum absolute atomic E-state index is 0.692. The van der Waals surface area contributed by atoms with Crippen LogP contribution in [0.4, 0.5) is 5.69 Å². The Labute approximate surface area is 131 Å². The second-order valence-corrected chi connectivity index (χ2v) is 6.16. The zero-order chi connectivity index (χ0) is 14.6. The van der Waals surface area contributed by atoms with E-state index in [4.69, 9.17) is 5.26 Å². The van der Waals surface area contributed by atoms with Crippen LogP contribution in [0, 0.1) is 11.3 Å². The molecule has 110 valence electrons. The van der Waals surface area contributed by atoms with Gasteiger partial charge in [-0.15, -0.1) is 0 Å². The quantitative estimate of drug-likeness (QED) is 0.542. The molecule has 0 heterocycles. The van der Waals surface area contributed by atoms with Crippen molar-refractivity contribution in [2.24, 2.45) is 0 Å². The van der Waals surface area contributed by atoms with Gasteiger partial charge in [0.2, 0.25) is 0 Å². The van der Waals surface area contributed by atoms with Gasteiger partial charge in [0.25, 0.3) is 0 Å². The van der Waals surface area contributed by atoms with Crippen LogP contribution in [0.2, 0.25) is 0 Å². The SMILES string of the molecule is CCCCCCCCCCNc1cc(Br)cc(C#N)c1. The number of hydrogen-bond donors (Lipinski definition) is 1. The molecule has 0 aliphatic heterocycles. The Morgan fingerprint density at radius 1 is 1.00 bits per heavy atom. The van der Waals surface area contributed by atoms with E-state index in [1.165, 1.54) is 51.4 Å². The number of unbranched alkanes of at least 4 members (excludes halogenated alkanes) is 7. The van der Waals surface area contributed by atoms with Crippen LogP contribution in [-0.2, 0) is 0 Å². The molecule has 1 aromatic rings. The number of benzene rings is 1. The van der Waals surface area contributed by atoms with Crippen LogP contribution in [0.1, 0.15) is 63.9 Å². The molecule has 0 aliphatic rings. The van der Waals surface area contributed by atoms with Gasteiger partial charge in [-0.1, -0.05) is 67.8 Å². The lowest BCUT2D eigenvalue weighted by Gasteiger charge is -2.07. The van der Waals surface area contributed by atoms with Crippen LogP contribution in [0.25, 0.3) is 0 Å². The van der Waals surface area contributed by atoms with E-state index in [1.807, 2.05) is 18.2 Å². The molecule has 0 unspecified atom stereocenters. The maximum Gasteiger partial charge on any atom is 0.0992 e. The fraction of sp³-hybridized carbons (Fsp3) is 0.588. The van der Waals surface area contributed by atoms with Crippen molar-refractivity contribution in [3.8, 4) is 6.07 Å². The van der Waals surface area contributed by atoms with Gasteiger partial charge in [0, 0.05) is 16.7 Å². The molecule has 1 N–H and O–H groups in total. The molecule has 0 atom stereocenters. The zero-order valence-electron chi connectivity index (χ0n) is 12.4. The largest absolute Gasteiger partial charge is 0.385 e. The molecule has 2 nitrogen and oxygen atoms in total. The average molecular weight is 337 g/mol. The molecule has 1 rings (SSSR count). The number of nitrogens with zero attached hydrogens (tertiary/aromatic N) is 1. The first-order valence-corrected chi connectivity index (χ1v) is 8.50. The summed E-state index contributed by atoms with van der Waals surface area (Å²) < 4.78 is 0.954. The number of hydrogen-bond acceptors (Lipinski definition) is 2. The van der Waals surface area contributed by atoms with E-state index in [0.717, 1.165) is 16.7 Å². The summed E-state index contributed by atoms with van der Waals surface area (Å²) in [4.78, 5) is 0. The first kappa shape index (κ1) is 17.0. The number of nitriles is 1. The van der Waals surface area contributed by atoms with Gasteiger partial charge in [0.05, 0.1) is 11.6 Å². The summed E-state index contributed by atoms with van der Waals surface area (Å²) in [6.45, 7) is 3.24. The molecule has 0 saturated carbocycles. The van der Waals surface area contributed by atoms with E-state index in [0.29, 0.717) is 5.56 Å². The second kappa shape index (κ2) is 10.7. The normalized spacial score (nSPS) is 10.2. The maximum absolute atomic E-state index is 8.92. The third-order valence-corrected chi connectivity index (χ3v) is 3.84. The van der Waals surface area contributed by atoms with Gasteiger partial charge in [0.15, 0.2) is 0 Å². The van der Waals surface area contributed by atoms with Crippen LogP contribution in [0.5, 0.6) is 0 Å². The van der Waals surface area contributed by atoms with E-state index in [1.54, 1.807) is 0 Å². The zero-order valence-corrected chi connectivity index (χ0v) is 14.0. The minimum Gasteiger partial charge on any atom is -0.385 e. The van der Waals surface area contributed by atoms with Crippen molar-refractivity contribution in [1.82, 2.24) is 0 Å². The van der Waals surface area contributed by atoms with Crippen molar-refractivity contribution in [1.29, 1.82) is 5.26 Å². The lowest BCUT2D eigenvalue weighted by atomic mass is 10.1. The summed E-state index contributed by atoms with van der Waals surface area (Å²) in [6.07, 6.45) is 10.7. The molecule has 0 bridgehead atoms. The van der Waals surface area contributed by atoms with E-state index >= 15 is 0 Å². The topological polar surface area (TPSA) is 35.8 Å². The summed E-state index contributed by atoms with van der Waals surface area (Å²) in [6, 6.07) is 7.93. The summed E-state index contributed by atoms with van der Waals surface area (Å²) in [5.74, 6) is 0. The number of rotatable bonds is 10. The maximum atomic E-state index is 8.92. The predicted molar refractivity (Wildman–Crippen MR) is 90.0 cm³/mol. The Kier molecular flexibility index (Phi) is 9.15. The van der Waals surface area contributed by atoms with Crippen LogP contribution >= 0.6 is 15.9 Å². The summed E-state index contributed by atoms with van der Waals surface area (Å²) in [5.41, 5.74) is 1.72. The highest BCUT2D eigenvalue weighted by Gasteiger charge is 1.98. The fourth-order valence-corrected chi connectivity index (χ4v) is 2.74. The molecule has 0 aromatic heterocycles. The molecular formula is C17H25BrN2. The molecular weight excluding hydrogens is 312 g/mol. The van der Waals surface area contributed by atoms with Crippen molar-refractivity contribution < 1.29 is 0 Å². The highest BCUT2D eigenvalue weighted by molar-refractivity contribution is 9.10. The standard InChI is InChI=1S/C17H25BrN2/c1-2-3-4-5-6-7-8-9-10-20-17-12-15(14-19)11-16(18)13-17/h11-13,20H,2-10H2,1H3. The summed E-state index contributed by atoms with van der Waals surface area (Å²) >= 11 is 3.43. The third-order valence-electron chi connectivity index (χ3n) is 3.39. The minimum atomic E-state index is 0.692. The van der Waals surface area contributed by atoms with Crippen molar-refractivity contribution >= 4 is 21.6 Å². The number of anilines is 1. The third kappa shape index (κ3) is 7.55. The van der Waals surface area contributed by atoms with E-state index in [-0.39, 0.29) is 0 Å². The van der Waals surface area contributed by atoms with E-state index in [2.05, 4.69) is 34.2 Å². The first-order valence-electron chi connectivity index (χ1n) is 7.71. The van der Waals surface area contributed by atoms with Crippen molar-refractivity contribution in [2.75, 3.05) is 11.9 Å². The van der Waals surface area contributed by atoms with Gasteiger partial charge in [-0.25, -0.2) is 0 Å². The molecule has 0 spiro atoms. The molecule has 3 heteroatoms. The van der Waals surface area contributed by atoms with E-state index in [9.17, 15) is 0 Å². The van der Waals surface area contributed by atoms with Crippen LogP contribution in [0.3, 0.4) is 0 Å². The van der Waals surface area contributed by atoms with Gasteiger partial charge < -0.3 is 5.32 Å². The van der Waals surface area contributed by atoms with Crippen molar-refractivity contribution in [2.45, 2.75) is 58.3 Å². The molecule has 20 heavy (non-hydrogen) atoms. The molecule has 1 aromatic carbocycles. The fourth-order valence-electron chi connectivity index (χ4n) is 2.25. The van der Waals surface area contributed by atoms with Crippen LogP contribution < -0.4 is 5.32 Å². The number of halogens is 1. The molecule has 0 amide bonds. The highest BCUT2D eigenvalue weighted by Crippen LogP contribution is 2.19. The van der Waals surface area contributed by atoms with Crippen LogP contribution in [0.15, 0.2) is 22.7 Å². The monoisotopic (exact) mass is 336 g/mol. The Balaban J connectivity index is 2.10. The summed E-state index contributed by atoms with van der Waals surface area (Å²) in [5, 5.41) is 12.3. The Morgan fingerprint density at radius 3 is 2.30 bits per heavy atom. The Morgan fingerprint density at radius 2 is 1.65 bits per heavy atom.